The summed E-state index contributed by atoms with van der Waals surface area (Å²) in [6.07, 6.45) is 0. The second kappa shape index (κ2) is 6.95. The molecule has 102 valence electrons. The van der Waals surface area contributed by atoms with Crippen LogP contribution in [0.2, 0.25) is 5.02 Å². The Morgan fingerprint density at radius 1 is 1.20 bits per heavy atom. The van der Waals surface area contributed by atoms with Crippen molar-refractivity contribution in [3.05, 3.63) is 64.2 Å². The number of nitrogens with zero attached hydrogens (tertiary/aromatic N) is 1. The third kappa shape index (κ3) is 3.51. The fourth-order valence-corrected chi connectivity index (χ4v) is 2.11. The molecular formula is C16H15ClN2O. The maximum absolute atomic E-state index is 8.81. The van der Waals surface area contributed by atoms with E-state index in [2.05, 4.69) is 11.4 Å². The van der Waals surface area contributed by atoms with E-state index >= 15 is 0 Å². The van der Waals surface area contributed by atoms with Crippen molar-refractivity contribution in [2.24, 2.45) is 0 Å². The lowest BCUT2D eigenvalue weighted by Crippen LogP contribution is -2.07. The summed E-state index contributed by atoms with van der Waals surface area (Å²) in [5.41, 5.74) is 2.51. The van der Waals surface area contributed by atoms with Gasteiger partial charge >= 0.3 is 0 Å². The summed E-state index contributed by atoms with van der Waals surface area (Å²) in [4.78, 5) is 0. The van der Waals surface area contributed by atoms with Gasteiger partial charge in [0.15, 0.2) is 0 Å². The van der Waals surface area contributed by atoms with Crippen LogP contribution < -0.4 is 10.1 Å². The van der Waals surface area contributed by atoms with Crippen molar-refractivity contribution in [1.29, 1.82) is 5.26 Å². The van der Waals surface area contributed by atoms with Crippen molar-refractivity contribution < 1.29 is 4.74 Å². The SMILES string of the molecule is CNCc1ccccc1OCc1ccc(C#N)cc1Cl. The van der Waals surface area contributed by atoms with Gasteiger partial charge in [0.25, 0.3) is 0 Å². The van der Waals surface area contributed by atoms with Crippen molar-refractivity contribution in [3.8, 4) is 11.8 Å². The molecule has 0 fully saturated rings. The van der Waals surface area contributed by atoms with Gasteiger partial charge in [-0.3, -0.25) is 0 Å². The molecule has 2 aromatic rings. The second-order valence-electron chi connectivity index (χ2n) is 4.34. The largest absolute Gasteiger partial charge is 0.489 e. The number of benzene rings is 2. The number of hydrogen-bond acceptors (Lipinski definition) is 3. The van der Waals surface area contributed by atoms with Crippen LogP contribution in [-0.4, -0.2) is 7.05 Å². The molecule has 4 heteroatoms. The Bertz CT molecular complexity index is 635. The maximum Gasteiger partial charge on any atom is 0.124 e. The number of ether oxygens (including phenoxy) is 1. The molecule has 20 heavy (non-hydrogen) atoms. The predicted molar refractivity (Wildman–Crippen MR) is 79.7 cm³/mol. The van der Waals surface area contributed by atoms with Crippen LogP contribution in [0.25, 0.3) is 0 Å². The smallest absolute Gasteiger partial charge is 0.124 e. The summed E-state index contributed by atoms with van der Waals surface area (Å²) >= 11 is 6.13. The fraction of sp³-hybridized carbons (Fsp3) is 0.188. The molecule has 0 aromatic heterocycles. The highest BCUT2D eigenvalue weighted by Gasteiger charge is 2.05. The van der Waals surface area contributed by atoms with E-state index in [9.17, 15) is 0 Å². The van der Waals surface area contributed by atoms with E-state index in [0.717, 1.165) is 23.4 Å². The van der Waals surface area contributed by atoms with Crippen molar-refractivity contribution in [3.63, 3.8) is 0 Å². The Kier molecular flexibility index (Phi) is 5.00. The average Bonchev–Trinajstić information content (AvgIpc) is 2.47. The highest BCUT2D eigenvalue weighted by atomic mass is 35.5. The third-order valence-electron chi connectivity index (χ3n) is 2.91. The minimum absolute atomic E-state index is 0.380. The van der Waals surface area contributed by atoms with Gasteiger partial charge in [-0.05, 0) is 25.2 Å². The number of nitrogens with one attached hydrogen (secondary N) is 1. The van der Waals surface area contributed by atoms with Gasteiger partial charge in [0.1, 0.15) is 12.4 Å². The molecule has 0 atom stereocenters. The van der Waals surface area contributed by atoms with Gasteiger partial charge in [-0.15, -0.1) is 0 Å². The summed E-state index contributed by atoms with van der Waals surface area (Å²) in [6, 6.07) is 15.1. The highest BCUT2D eigenvalue weighted by molar-refractivity contribution is 6.31. The van der Waals surface area contributed by atoms with Crippen LogP contribution in [0.4, 0.5) is 0 Å². The van der Waals surface area contributed by atoms with E-state index in [1.165, 1.54) is 0 Å². The van der Waals surface area contributed by atoms with Gasteiger partial charge in [0.2, 0.25) is 0 Å². The van der Waals surface area contributed by atoms with Crippen LogP contribution in [0.5, 0.6) is 5.75 Å². The van der Waals surface area contributed by atoms with E-state index in [1.54, 1.807) is 12.1 Å². The molecule has 0 aliphatic heterocycles. The normalized spacial score (nSPS) is 10.1. The number of halogens is 1. The Hall–Kier alpha value is -2.02. The van der Waals surface area contributed by atoms with Crippen molar-refractivity contribution in [1.82, 2.24) is 5.32 Å². The van der Waals surface area contributed by atoms with Crippen LogP contribution in [0.15, 0.2) is 42.5 Å². The molecule has 0 radical (unpaired) electrons. The molecule has 1 N–H and O–H groups in total. The molecule has 0 unspecified atom stereocenters. The second-order valence-corrected chi connectivity index (χ2v) is 4.75. The third-order valence-corrected chi connectivity index (χ3v) is 3.26. The lowest BCUT2D eigenvalue weighted by molar-refractivity contribution is 0.302. The molecule has 0 spiro atoms. The Labute approximate surface area is 123 Å². The van der Waals surface area contributed by atoms with E-state index in [1.807, 2.05) is 37.4 Å². The Balaban J connectivity index is 2.11. The Morgan fingerprint density at radius 3 is 2.70 bits per heavy atom. The van der Waals surface area contributed by atoms with Crippen molar-refractivity contribution >= 4 is 11.6 Å². The molecule has 0 saturated heterocycles. The molecule has 0 heterocycles. The zero-order valence-electron chi connectivity index (χ0n) is 11.2. The summed E-state index contributed by atoms with van der Waals surface area (Å²) in [5, 5.41) is 12.5. The first-order valence-corrected chi connectivity index (χ1v) is 6.66. The number of hydrogen-bond donors (Lipinski definition) is 1. The van der Waals surface area contributed by atoms with Crippen LogP contribution in [0.3, 0.4) is 0 Å². The molecule has 0 amide bonds. The minimum Gasteiger partial charge on any atom is -0.489 e. The van der Waals surface area contributed by atoms with E-state index in [0.29, 0.717) is 17.2 Å². The van der Waals surface area contributed by atoms with Crippen molar-refractivity contribution in [2.75, 3.05) is 7.05 Å². The van der Waals surface area contributed by atoms with Gasteiger partial charge in [-0.1, -0.05) is 35.9 Å². The fourth-order valence-electron chi connectivity index (χ4n) is 1.87. The minimum atomic E-state index is 0.380. The van der Waals surface area contributed by atoms with Crippen LogP contribution in [0, 0.1) is 11.3 Å². The highest BCUT2D eigenvalue weighted by Crippen LogP contribution is 2.22. The van der Waals surface area contributed by atoms with E-state index in [4.69, 9.17) is 21.6 Å². The zero-order valence-corrected chi connectivity index (χ0v) is 11.9. The first kappa shape index (κ1) is 14.4. The average molecular weight is 287 g/mol. The standard InChI is InChI=1S/C16H15ClN2O/c1-19-10-13-4-2-3-5-16(13)20-11-14-7-6-12(9-18)8-15(14)17/h2-8,19H,10-11H2,1H3. The summed E-state index contributed by atoms with van der Waals surface area (Å²) in [7, 11) is 1.90. The number of nitriles is 1. The molecule has 0 aliphatic rings. The Morgan fingerprint density at radius 2 is 2.00 bits per heavy atom. The van der Waals surface area contributed by atoms with Gasteiger partial charge in [0, 0.05) is 22.7 Å². The molecule has 2 rings (SSSR count). The van der Waals surface area contributed by atoms with Gasteiger partial charge in [-0.25, -0.2) is 0 Å². The molecule has 0 saturated carbocycles. The first-order valence-electron chi connectivity index (χ1n) is 6.28. The van der Waals surface area contributed by atoms with E-state index in [-0.39, 0.29) is 0 Å². The van der Waals surface area contributed by atoms with Gasteiger partial charge in [-0.2, -0.15) is 5.26 Å². The maximum atomic E-state index is 8.81. The van der Waals surface area contributed by atoms with Crippen molar-refractivity contribution in [2.45, 2.75) is 13.2 Å². The molecule has 2 aromatic carbocycles. The van der Waals surface area contributed by atoms with Crippen LogP contribution >= 0.6 is 11.6 Å². The summed E-state index contributed by atoms with van der Waals surface area (Å²) in [5.74, 6) is 0.835. The number of rotatable bonds is 5. The summed E-state index contributed by atoms with van der Waals surface area (Å²) < 4.78 is 5.82. The molecule has 3 nitrogen and oxygen atoms in total. The van der Waals surface area contributed by atoms with E-state index < -0.39 is 0 Å². The quantitative estimate of drug-likeness (QED) is 0.915. The lowest BCUT2D eigenvalue weighted by Gasteiger charge is -2.12. The van der Waals surface area contributed by atoms with Gasteiger partial charge < -0.3 is 10.1 Å². The number of para-hydroxylation sites is 1. The summed E-state index contributed by atoms with van der Waals surface area (Å²) in [6.45, 7) is 1.13. The first-order chi connectivity index (χ1) is 9.74. The molecule has 0 bridgehead atoms. The molecule has 0 aliphatic carbocycles. The monoisotopic (exact) mass is 286 g/mol. The molecular weight excluding hydrogens is 272 g/mol. The predicted octanol–water partition coefficient (Wildman–Crippen LogP) is 3.51. The van der Waals surface area contributed by atoms with Crippen LogP contribution in [0.1, 0.15) is 16.7 Å². The van der Waals surface area contributed by atoms with Gasteiger partial charge in [0.05, 0.1) is 11.6 Å². The lowest BCUT2D eigenvalue weighted by atomic mass is 10.1. The van der Waals surface area contributed by atoms with Crippen LogP contribution in [-0.2, 0) is 13.2 Å². The topological polar surface area (TPSA) is 45.0 Å². The zero-order chi connectivity index (χ0) is 14.4.